The van der Waals surface area contributed by atoms with Crippen molar-refractivity contribution in [3.8, 4) is 11.4 Å². The molecule has 0 unspecified atom stereocenters. The van der Waals surface area contributed by atoms with Gasteiger partial charge in [0.15, 0.2) is 0 Å². The smallest absolute Gasteiger partial charge is 0.338 e. The Hall–Kier alpha value is -3.00. The molecular weight excluding hydrogens is 354 g/mol. The topological polar surface area (TPSA) is 94.3 Å². The van der Waals surface area contributed by atoms with Crippen LogP contribution in [0, 0.1) is 0 Å². The summed E-state index contributed by atoms with van der Waals surface area (Å²) in [7, 11) is 0. The average molecular weight is 371 g/mol. The molecule has 0 aliphatic rings. The van der Waals surface area contributed by atoms with Crippen LogP contribution in [0.15, 0.2) is 45.6 Å². The Balaban J connectivity index is 1.50. The van der Waals surface area contributed by atoms with Gasteiger partial charge in [0, 0.05) is 29.5 Å². The van der Waals surface area contributed by atoms with E-state index in [9.17, 15) is 9.59 Å². The molecule has 2 aromatic heterocycles. The number of aryl methyl sites for hydroxylation is 1. The molecule has 0 spiro atoms. The first-order valence-electron chi connectivity index (χ1n) is 8.08. The Bertz CT molecular complexity index is 872. The van der Waals surface area contributed by atoms with E-state index in [1.165, 1.54) is 0 Å². The van der Waals surface area contributed by atoms with Crippen molar-refractivity contribution in [1.82, 2.24) is 10.1 Å². The fourth-order valence-electron chi connectivity index (χ4n) is 2.21. The summed E-state index contributed by atoms with van der Waals surface area (Å²) >= 11 is 1.55. The quantitative estimate of drug-likeness (QED) is 0.638. The minimum atomic E-state index is -0.386. The monoisotopic (exact) mass is 371 g/mol. The molecule has 1 N–H and O–H groups in total. The summed E-state index contributed by atoms with van der Waals surface area (Å²) in [6.07, 6.45) is 0.564. The summed E-state index contributed by atoms with van der Waals surface area (Å²) < 4.78 is 10.1. The lowest BCUT2D eigenvalue weighted by molar-refractivity contribution is -0.116. The zero-order valence-corrected chi connectivity index (χ0v) is 14.9. The molecule has 0 saturated carbocycles. The highest BCUT2D eigenvalue weighted by atomic mass is 32.1. The van der Waals surface area contributed by atoms with Crippen LogP contribution in [0.3, 0.4) is 0 Å². The fraction of sp³-hybridized carbons (Fsp3) is 0.222. The molecule has 0 fully saturated rings. The second kappa shape index (κ2) is 8.39. The van der Waals surface area contributed by atoms with Gasteiger partial charge in [0.2, 0.25) is 17.6 Å². The second-order valence-electron chi connectivity index (χ2n) is 5.37. The standard InChI is InChI=1S/C18H17N3O4S/c1-2-24-18(23)12-3-5-14(6-4-12)19-15(22)7-8-16-20-17(21-25-16)13-9-10-26-11-13/h3-6,9-11H,2,7-8H2,1H3,(H,19,22). The Morgan fingerprint density at radius 1 is 1.23 bits per heavy atom. The Morgan fingerprint density at radius 2 is 2.04 bits per heavy atom. The highest BCUT2D eigenvalue weighted by Crippen LogP contribution is 2.19. The molecule has 26 heavy (non-hydrogen) atoms. The van der Waals surface area contributed by atoms with Crippen LogP contribution in [0.5, 0.6) is 0 Å². The van der Waals surface area contributed by atoms with E-state index in [-0.39, 0.29) is 18.3 Å². The molecule has 134 valence electrons. The first-order chi connectivity index (χ1) is 12.7. The third-order valence-electron chi connectivity index (χ3n) is 3.49. The summed E-state index contributed by atoms with van der Waals surface area (Å²) in [6, 6.07) is 8.44. The van der Waals surface area contributed by atoms with Gasteiger partial charge in [-0.05, 0) is 42.6 Å². The van der Waals surface area contributed by atoms with E-state index in [1.807, 2.05) is 16.8 Å². The van der Waals surface area contributed by atoms with Crippen LogP contribution in [0.2, 0.25) is 0 Å². The van der Waals surface area contributed by atoms with Crippen molar-refractivity contribution in [1.29, 1.82) is 0 Å². The van der Waals surface area contributed by atoms with Crippen LogP contribution in [0.1, 0.15) is 29.6 Å². The molecule has 7 nitrogen and oxygen atoms in total. The molecule has 8 heteroatoms. The van der Waals surface area contributed by atoms with Crippen LogP contribution < -0.4 is 5.32 Å². The van der Waals surface area contributed by atoms with E-state index in [1.54, 1.807) is 42.5 Å². The molecule has 2 heterocycles. The van der Waals surface area contributed by atoms with Gasteiger partial charge in [0.25, 0.3) is 0 Å². The molecule has 0 atom stereocenters. The lowest BCUT2D eigenvalue weighted by Gasteiger charge is -2.06. The zero-order valence-electron chi connectivity index (χ0n) is 14.1. The van der Waals surface area contributed by atoms with Gasteiger partial charge < -0.3 is 14.6 Å². The van der Waals surface area contributed by atoms with Gasteiger partial charge in [0.05, 0.1) is 12.2 Å². The highest BCUT2D eigenvalue weighted by molar-refractivity contribution is 7.08. The van der Waals surface area contributed by atoms with Crippen molar-refractivity contribution < 1.29 is 18.8 Å². The maximum atomic E-state index is 12.1. The largest absolute Gasteiger partial charge is 0.462 e. The van der Waals surface area contributed by atoms with E-state index in [0.29, 0.717) is 36.0 Å². The molecule has 0 bridgehead atoms. The van der Waals surface area contributed by atoms with Crippen LogP contribution in [-0.2, 0) is 16.0 Å². The van der Waals surface area contributed by atoms with Crippen molar-refractivity contribution >= 4 is 28.9 Å². The van der Waals surface area contributed by atoms with Crippen LogP contribution in [0.4, 0.5) is 5.69 Å². The van der Waals surface area contributed by atoms with Crippen LogP contribution in [0.25, 0.3) is 11.4 Å². The molecule has 0 saturated heterocycles. The van der Waals surface area contributed by atoms with Crippen molar-refractivity contribution in [3.63, 3.8) is 0 Å². The van der Waals surface area contributed by atoms with Crippen LogP contribution in [-0.4, -0.2) is 28.6 Å². The maximum absolute atomic E-state index is 12.1. The Kier molecular flexibility index (Phi) is 5.75. The minimum absolute atomic E-state index is 0.177. The van der Waals surface area contributed by atoms with Gasteiger partial charge >= 0.3 is 5.97 Å². The average Bonchev–Trinajstić information content (AvgIpc) is 3.32. The molecule has 0 radical (unpaired) electrons. The number of nitrogens with one attached hydrogen (secondary N) is 1. The number of anilines is 1. The third-order valence-corrected chi connectivity index (χ3v) is 4.18. The number of hydrogen-bond donors (Lipinski definition) is 1. The summed E-state index contributed by atoms with van der Waals surface area (Å²) in [5.41, 5.74) is 1.94. The lowest BCUT2D eigenvalue weighted by atomic mass is 10.2. The van der Waals surface area contributed by atoms with Gasteiger partial charge in [-0.2, -0.15) is 16.3 Å². The Morgan fingerprint density at radius 3 is 2.73 bits per heavy atom. The predicted molar refractivity (Wildman–Crippen MR) is 97.0 cm³/mol. The molecule has 0 aliphatic carbocycles. The number of esters is 1. The van der Waals surface area contributed by atoms with Crippen LogP contribution >= 0.6 is 11.3 Å². The van der Waals surface area contributed by atoms with Crippen molar-refractivity contribution in [2.75, 3.05) is 11.9 Å². The molecule has 1 aromatic carbocycles. The number of thiophene rings is 1. The summed E-state index contributed by atoms with van der Waals surface area (Å²) in [5, 5.41) is 10.5. The molecule has 3 aromatic rings. The summed E-state index contributed by atoms with van der Waals surface area (Å²) in [5.74, 6) is 0.377. The first-order valence-corrected chi connectivity index (χ1v) is 9.02. The van der Waals surface area contributed by atoms with E-state index in [4.69, 9.17) is 9.26 Å². The summed E-state index contributed by atoms with van der Waals surface area (Å²) in [4.78, 5) is 27.9. The molecular formula is C18H17N3O4S. The van der Waals surface area contributed by atoms with Gasteiger partial charge in [0.1, 0.15) is 0 Å². The van der Waals surface area contributed by atoms with Crippen molar-refractivity contribution in [3.05, 3.63) is 52.5 Å². The number of aromatic nitrogens is 2. The number of benzene rings is 1. The number of carbonyl (C=O) groups is 2. The van der Waals surface area contributed by atoms with E-state index in [0.717, 1.165) is 5.56 Å². The predicted octanol–water partition coefficient (Wildman–Crippen LogP) is 3.55. The number of amides is 1. The van der Waals surface area contributed by atoms with Gasteiger partial charge in [-0.25, -0.2) is 4.79 Å². The maximum Gasteiger partial charge on any atom is 0.338 e. The third kappa shape index (κ3) is 4.54. The molecule has 0 aliphatic heterocycles. The number of ether oxygens (including phenoxy) is 1. The molecule has 1 amide bonds. The van der Waals surface area contributed by atoms with Crippen molar-refractivity contribution in [2.45, 2.75) is 19.8 Å². The van der Waals surface area contributed by atoms with Gasteiger partial charge in [-0.1, -0.05) is 5.16 Å². The SMILES string of the molecule is CCOC(=O)c1ccc(NC(=O)CCc2nc(-c3ccsc3)no2)cc1. The molecule has 3 rings (SSSR count). The van der Waals surface area contributed by atoms with E-state index < -0.39 is 0 Å². The number of hydrogen-bond acceptors (Lipinski definition) is 7. The normalized spacial score (nSPS) is 10.5. The number of rotatable bonds is 7. The number of nitrogens with zero attached hydrogens (tertiary/aromatic N) is 2. The van der Waals surface area contributed by atoms with Gasteiger partial charge in [-0.15, -0.1) is 0 Å². The zero-order chi connectivity index (χ0) is 18.4. The van der Waals surface area contributed by atoms with Crippen molar-refractivity contribution in [2.24, 2.45) is 0 Å². The minimum Gasteiger partial charge on any atom is -0.462 e. The lowest BCUT2D eigenvalue weighted by Crippen LogP contribution is -2.12. The fourth-order valence-corrected chi connectivity index (χ4v) is 2.85. The van der Waals surface area contributed by atoms with Gasteiger partial charge in [-0.3, -0.25) is 4.79 Å². The number of carbonyl (C=O) groups excluding carboxylic acids is 2. The highest BCUT2D eigenvalue weighted by Gasteiger charge is 2.11. The second-order valence-corrected chi connectivity index (χ2v) is 6.15. The first kappa shape index (κ1) is 17.8. The summed E-state index contributed by atoms with van der Waals surface area (Å²) in [6.45, 7) is 2.07. The van der Waals surface area contributed by atoms with E-state index >= 15 is 0 Å². The Labute approximate surface area is 154 Å². The van der Waals surface area contributed by atoms with E-state index in [2.05, 4.69) is 15.5 Å².